The molecule has 19 heavy (non-hydrogen) atoms. The molecule has 2 aromatic rings. The van der Waals surface area contributed by atoms with E-state index in [1.54, 1.807) is 13.0 Å². The van der Waals surface area contributed by atoms with E-state index in [9.17, 15) is 8.78 Å². The molecule has 102 valence electrons. The van der Waals surface area contributed by atoms with Gasteiger partial charge in [-0.15, -0.1) is 0 Å². The van der Waals surface area contributed by atoms with Crippen LogP contribution >= 0.6 is 15.9 Å². The summed E-state index contributed by atoms with van der Waals surface area (Å²) < 4.78 is 33.9. The first-order valence-corrected chi connectivity index (χ1v) is 6.76. The van der Waals surface area contributed by atoms with Crippen molar-refractivity contribution < 1.29 is 13.2 Å². The summed E-state index contributed by atoms with van der Waals surface area (Å²) in [5.41, 5.74) is 1.10. The van der Waals surface area contributed by atoms with E-state index in [0.29, 0.717) is 22.3 Å². The first kappa shape index (κ1) is 14.2. The van der Waals surface area contributed by atoms with Crippen molar-refractivity contribution in [3.05, 3.63) is 57.5 Å². The molecule has 1 atom stereocenters. The van der Waals surface area contributed by atoms with Gasteiger partial charge in [-0.05, 0) is 47.1 Å². The number of rotatable bonds is 4. The molecule has 0 fully saturated rings. The Hall–Kier alpha value is -1.20. The van der Waals surface area contributed by atoms with Crippen LogP contribution in [0.1, 0.15) is 29.7 Å². The van der Waals surface area contributed by atoms with Gasteiger partial charge in [0.2, 0.25) is 0 Å². The fourth-order valence-corrected chi connectivity index (χ4v) is 2.49. The highest BCUT2D eigenvalue weighted by Crippen LogP contribution is 2.33. The monoisotopic (exact) mass is 329 g/mol. The maximum Gasteiger partial charge on any atom is 0.174 e. The van der Waals surface area contributed by atoms with Gasteiger partial charge >= 0.3 is 0 Å². The van der Waals surface area contributed by atoms with Crippen LogP contribution in [0.25, 0.3) is 0 Å². The average molecular weight is 330 g/mol. The second-order valence-electron chi connectivity index (χ2n) is 4.23. The highest BCUT2D eigenvalue weighted by Gasteiger charge is 2.25. The van der Waals surface area contributed by atoms with Gasteiger partial charge in [0.1, 0.15) is 11.6 Å². The molecule has 0 amide bonds. The van der Waals surface area contributed by atoms with E-state index in [-0.39, 0.29) is 5.56 Å². The quantitative estimate of drug-likeness (QED) is 0.903. The van der Waals surface area contributed by atoms with Gasteiger partial charge in [-0.25, -0.2) is 8.78 Å². The van der Waals surface area contributed by atoms with Crippen molar-refractivity contribution in [2.75, 3.05) is 6.54 Å². The molecule has 0 saturated heterocycles. The highest BCUT2D eigenvalue weighted by molar-refractivity contribution is 9.10. The second-order valence-corrected chi connectivity index (χ2v) is 4.95. The Kier molecular flexibility index (Phi) is 4.37. The molecule has 2 rings (SSSR count). The van der Waals surface area contributed by atoms with Crippen molar-refractivity contribution >= 4 is 15.9 Å². The maximum absolute atomic E-state index is 14.2. The molecule has 1 N–H and O–H groups in total. The van der Waals surface area contributed by atoms with E-state index < -0.39 is 17.7 Å². The Morgan fingerprint density at radius 1 is 1.32 bits per heavy atom. The summed E-state index contributed by atoms with van der Waals surface area (Å²) in [6, 6.07) is 3.82. The molecule has 0 spiro atoms. The van der Waals surface area contributed by atoms with E-state index in [4.69, 9.17) is 4.42 Å². The van der Waals surface area contributed by atoms with E-state index in [1.165, 1.54) is 18.4 Å². The third-order valence-corrected chi connectivity index (χ3v) is 3.62. The first-order valence-electron chi connectivity index (χ1n) is 5.97. The van der Waals surface area contributed by atoms with E-state index in [2.05, 4.69) is 21.2 Å². The molecule has 1 heterocycles. The number of hydrogen-bond donors (Lipinski definition) is 1. The van der Waals surface area contributed by atoms with Gasteiger partial charge in [0.05, 0.1) is 12.3 Å². The third kappa shape index (κ3) is 2.72. The lowest BCUT2D eigenvalue weighted by atomic mass is 9.98. The molecule has 1 unspecified atom stereocenters. The fraction of sp³-hybridized carbons (Fsp3) is 0.286. The molecule has 0 saturated carbocycles. The minimum atomic E-state index is -0.585. The molecule has 0 bridgehead atoms. The van der Waals surface area contributed by atoms with Crippen molar-refractivity contribution in [2.24, 2.45) is 0 Å². The summed E-state index contributed by atoms with van der Waals surface area (Å²) in [6.07, 6.45) is 1.48. The number of benzene rings is 1. The van der Waals surface area contributed by atoms with Gasteiger partial charge in [-0.1, -0.05) is 13.0 Å². The number of nitrogens with one attached hydrogen (secondary N) is 1. The third-order valence-electron chi connectivity index (χ3n) is 2.97. The largest absolute Gasteiger partial charge is 0.457 e. The lowest BCUT2D eigenvalue weighted by molar-refractivity contribution is 0.493. The molecule has 0 aliphatic rings. The van der Waals surface area contributed by atoms with Crippen LogP contribution in [0, 0.1) is 18.6 Å². The second kappa shape index (κ2) is 5.84. The molecule has 0 aliphatic carbocycles. The maximum atomic E-state index is 14.2. The van der Waals surface area contributed by atoms with Crippen LogP contribution < -0.4 is 5.32 Å². The first-order chi connectivity index (χ1) is 9.06. The average Bonchev–Trinajstić information content (AvgIpc) is 2.79. The Balaban J connectivity index is 2.57. The highest BCUT2D eigenvalue weighted by atomic mass is 79.9. The lowest BCUT2D eigenvalue weighted by Gasteiger charge is -2.19. The summed E-state index contributed by atoms with van der Waals surface area (Å²) in [5, 5.41) is 3.08. The van der Waals surface area contributed by atoms with Crippen LogP contribution in [0.15, 0.2) is 33.5 Å². The smallest absolute Gasteiger partial charge is 0.174 e. The van der Waals surface area contributed by atoms with Gasteiger partial charge in [-0.3, -0.25) is 0 Å². The van der Waals surface area contributed by atoms with Crippen LogP contribution in [0.2, 0.25) is 0 Å². The molecule has 1 aromatic heterocycles. The molecule has 0 radical (unpaired) electrons. The van der Waals surface area contributed by atoms with Gasteiger partial charge < -0.3 is 9.73 Å². The van der Waals surface area contributed by atoms with Crippen LogP contribution in [-0.2, 0) is 0 Å². The fourth-order valence-electron chi connectivity index (χ4n) is 2.02. The summed E-state index contributed by atoms with van der Waals surface area (Å²) in [7, 11) is 0. The zero-order valence-electron chi connectivity index (χ0n) is 10.6. The molecule has 5 heteroatoms. The minimum Gasteiger partial charge on any atom is -0.457 e. The van der Waals surface area contributed by atoms with Crippen molar-refractivity contribution in [1.29, 1.82) is 0 Å². The van der Waals surface area contributed by atoms with Crippen LogP contribution in [0.3, 0.4) is 0 Å². The number of hydrogen-bond acceptors (Lipinski definition) is 2. The molecule has 2 nitrogen and oxygen atoms in total. The van der Waals surface area contributed by atoms with Crippen molar-refractivity contribution in [3.8, 4) is 0 Å². The SMILES string of the molecule is CCNC(c1ccoc1Br)c1c(F)ccc(C)c1F. The predicted molar refractivity (Wildman–Crippen MR) is 73.0 cm³/mol. The zero-order chi connectivity index (χ0) is 14.0. The van der Waals surface area contributed by atoms with E-state index >= 15 is 0 Å². The summed E-state index contributed by atoms with van der Waals surface area (Å²) >= 11 is 3.25. The van der Waals surface area contributed by atoms with Crippen LogP contribution in [0.4, 0.5) is 8.78 Å². The lowest BCUT2D eigenvalue weighted by Crippen LogP contribution is -2.24. The normalized spacial score (nSPS) is 12.7. The molecule has 1 aromatic carbocycles. The Bertz CT molecular complexity index is 583. The molecular formula is C14H14BrF2NO. The summed E-state index contributed by atoms with van der Waals surface area (Å²) in [6.45, 7) is 4.08. The van der Waals surface area contributed by atoms with Crippen LogP contribution in [0.5, 0.6) is 0 Å². The van der Waals surface area contributed by atoms with Gasteiger partial charge in [0.15, 0.2) is 4.67 Å². The Morgan fingerprint density at radius 3 is 2.63 bits per heavy atom. The van der Waals surface area contributed by atoms with E-state index in [0.717, 1.165) is 0 Å². The summed E-state index contributed by atoms with van der Waals surface area (Å²) in [5.74, 6) is -1.10. The van der Waals surface area contributed by atoms with Crippen molar-refractivity contribution in [1.82, 2.24) is 5.32 Å². The summed E-state index contributed by atoms with van der Waals surface area (Å²) in [4.78, 5) is 0. The van der Waals surface area contributed by atoms with Gasteiger partial charge in [0.25, 0.3) is 0 Å². The number of aryl methyl sites for hydroxylation is 1. The Morgan fingerprint density at radius 2 is 2.05 bits per heavy atom. The van der Waals surface area contributed by atoms with Crippen molar-refractivity contribution in [2.45, 2.75) is 19.9 Å². The van der Waals surface area contributed by atoms with Gasteiger partial charge in [0, 0.05) is 11.1 Å². The topological polar surface area (TPSA) is 25.2 Å². The minimum absolute atomic E-state index is 0.0175. The molecule has 0 aliphatic heterocycles. The molecular weight excluding hydrogens is 316 g/mol. The predicted octanol–water partition coefficient (Wildman–Crippen LogP) is 4.33. The Labute approximate surface area is 118 Å². The van der Waals surface area contributed by atoms with Gasteiger partial charge in [-0.2, -0.15) is 0 Å². The standard InChI is InChI=1S/C14H14BrF2NO/c1-3-18-13(9-6-7-19-14(9)15)11-10(16)5-4-8(2)12(11)17/h4-7,13,18H,3H2,1-2H3. The van der Waals surface area contributed by atoms with Crippen LogP contribution in [-0.4, -0.2) is 6.54 Å². The number of furan rings is 1. The zero-order valence-corrected chi connectivity index (χ0v) is 12.2. The van der Waals surface area contributed by atoms with E-state index in [1.807, 2.05) is 6.92 Å². The number of halogens is 3. The van der Waals surface area contributed by atoms with Crippen molar-refractivity contribution in [3.63, 3.8) is 0 Å².